The molecule has 0 heterocycles. The Bertz CT molecular complexity index is 210. The molecule has 0 aliphatic carbocycles. The molecule has 0 spiro atoms. The number of rotatable bonds is 2. The summed E-state index contributed by atoms with van der Waals surface area (Å²) in [6.45, 7) is -2.12. The predicted octanol–water partition coefficient (Wildman–Crippen LogP) is 1.06. The predicted molar refractivity (Wildman–Crippen MR) is 30.8 cm³/mol. The molecular formula is C6H4F4O2. The Kier molecular flexibility index (Phi) is 4.11. The Morgan fingerprint density at radius 1 is 1.42 bits per heavy atom. The minimum Gasteiger partial charge on any atom is -0.451 e. The smallest absolute Gasteiger partial charge is 0.451 e. The average molecular weight is 184 g/mol. The van der Waals surface area contributed by atoms with Crippen LogP contribution in [0.2, 0.25) is 0 Å². The summed E-state index contributed by atoms with van der Waals surface area (Å²) in [6, 6.07) is 0. The molecule has 2 nitrogen and oxygen atoms in total. The molecule has 0 aromatic carbocycles. The number of alkyl halides is 4. The first-order valence-corrected chi connectivity index (χ1v) is 2.74. The van der Waals surface area contributed by atoms with Gasteiger partial charge in [0.25, 0.3) is 0 Å². The van der Waals surface area contributed by atoms with Crippen LogP contribution in [0.25, 0.3) is 0 Å². The zero-order valence-corrected chi connectivity index (χ0v) is 5.74. The third-order valence-electron chi connectivity index (χ3n) is 0.645. The Morgan fingerprint density at radius 3 is 2.42 bits per heavy atom. The molecule has 0 aromatic rings. The van der Waals surface area contributed by atoms with E-state index < -0.39 is 25.4 Å². The van der Waals surface area contributed by atoms with Crippen molar-refractivity contribution in [1.82, 2.24) is 0 Å². The normalized spacial score (nSPS) is 10.0. The van der Waals surface area contributed by atoms with Crippen LogP contribution in [0.15, 0.2) is 0 Å². The minimum atomic E-state index is -4.61. The van der Waals surface area contributed by atoms with Crippen molar-refractivity contribution >= 4 is 5.97 Å². The molecule has 0 fully saturated rings. The van der Waals surface area contributed by atoms with Gasteiger partial charge in [-0.25, -0.2) is 9.18 Å². The van der Waals surface area contributed by atoms with Crippen molar-refractivity contribution in [3.8, 4) is 11.8 Å². The lowest BCUT2D eigenvalue weighted by molar-refractivity contribution is -0.143. The van der Waals surface area contributed by atoms with Gasteiger partial charge in [-0.15, -0.1) is 0 Å². The van der Waals surface area contributed by atoms with E-state index in [1.54, 1.807) is 0 Å². The summed E-state index contributed by atoms with van der Waals surface area (Å²) in [5.41, 5.74) is 0. The second-order valence-corrected chi connectivity index (χ2v) is 1.59. The van der Waals surface area contributed by atoms with Crippen LogP contribution >= 0.6 is 0 Å². The Balaban J connectivity index is 3.67. The Morgan fingerprint density at radius 2 is 2.00 bits per heavy atom. The maximum absolute atomic E-state index is 11.3. The van der Waals surface area contributed by atoms with E-state index in [1.807, 2.05) is 0 Å². The van der Waals surface area contributed by atoms with Gasteiger partial charge in [0.05, 0.1) is 0 Å². The van der Waals surface area contributed by atoms with Gasteiger partial charge < -0.3 is 4.74 Å². The fourth-order valence-electron chi connectivity index (χ4n) is 0.291. The van der Waals surface area contributed by atoms with Gasteiger partial charge in [0, 0.05) is 5.92 Å². The van der Waals surface area contributed by atoms with Gasteiger partial charge in [-0.3, -0.25) is 0 Å². The summed E-state index contributed by atoms with van der Waals surface area (Å²) in [6.07, 6.45) is -4.61. The van der Waals surface area contributed by atoms with E-state index >= 15 is 0 Å². The molecule has 0 N–H and O–H groups in total. The van der Waals surface area contributed by atoms with E-state index in [9.17, 15) is 22.4 Å². The maximum atomic E-state index is 11.3. The van der Waals surface area contributed by atoms with Crippen LogP contribution in [-0.4, -0.2) is 25.4 Å². The molecule has 0 atom stereocenters. The van der Waals surface area contributed by atoms with E-state index in [2.05, 4.69) is 4.74 Å². The largest absolute Gasteiger partial charge is 0.457 e. The van der Waals surface area contributed by atoms with E-state index in [-0.39, 0.29) is 0 Å². The van der Waals surface area contributed by atoms with Crippen molar-refractivity contribution < 1.29 is 27.1 Å². The first-order chi connectivity index (χ1) is 5.45. The van der Waals surface area contributed by atoms with Crippen LogP contribution in [0.5, 0.6) is 0 Å². The topological polar surface area (TPSA) is 26.3 Å². The second-order valence-electron chi connectivity index (χ2n) is 1.59. The van der Waals surface area contributed by atoms with Crippen LogP contribution < -0.4 is 0 Å². The Labute approximate surface area is 65.5 Å². The summed E-state index contributed by atoms with van der Waals surface area (Å²) >= 11 is 0. The summed E-state index contributed by atoms with van der Waals surface area (Å²) in [5, 5.41) is 0. The molecule has 0 bridgehead atoms. The van der Waals surface area contributed by atoms with Crippen molar-refractivity contribution in [2.45, 2.75) is 6.18 Å². The molecule has 0 rings (SSSR count). The first-order valence-electron chi connectivity index (χ1n) is 2.74. The lowest BCUT2D eigenvalue weighted by atomic mass is 10.6. The number of hydrogen-bond acceptors (Lipinski definition) is 2. The van der Waals surface area contributed by atoms with Crippen molar-refractivity contribution in [2.75, 3.05) is 13.3 Å². The van der Waals surface area contributed by atoms with Crippen molar-refractivity contribution in [2.24, 2.45) is 0 Å². The quantitative estimate of drug-likeness (QED) is 0.364. The zero-order chi connectivity index (χ0) is 9.61. The van der Waals surface area contributed by atoms with Gasteiger partial charge in [0.1, 0.15) is 0 Å². The number of hydrogen-bond donors (Lipinski definition) is 0. The highest BCUT2D eigenvalue weighted by Crippen LogP contribution is 2.11. The van der Waals surface area contributed by atoms with E-state index in [1.165, 1.54) is 5.92 Å². The highest BCUT2D eigenvalue weighted by atomic mass is 19.4. The van der Waals surface area contributed by atoms with Crippen molar-refractivity contribution in [3.63, 3.8) is 0 Å². The molecular weight excluding hydrogens is 180 g/mol. The lowest BCUT2D eigenvalue weighted by Gasteiger charge is -1.94. The molecule has 6 heteroatoms. The monoisotopic (exact) mass is 184 g/mol. The molecule has 0 radical (unpaired) electrons. The third kappa shape index (κ3) is 6.86. The standard InChI is InChI=1S/C6H4F4O2/c7-4-5(11)12-3-1-2-6(8,9)10/h3-4H2. The lowest BCUT2D eigenvalue weighted by Crippen LogP contribution is -2.07. The van der Waals surface area contributed by atoms with Gasteiger partial charge in [0.15, 0.2) is 13.3 Å². The summed E-state index contributed by atoms with van der Waals surface area (Å²) in [5.74, 6) is 1.13. The summed E-state index contributed by atoms with van der Waals surface area (Å²) < 4.78 is 49.0. The molecule has 0 aliphatic rings. The van der Waals surface area contributed by atoms with Gasteiger partial charge in [0.2, 0.25) is 0 Å². The van der Waals surface area contributed by atoms with Gasteiger partial charge in [-0.2, -0.15) is 13.2 Å². The van der Waals surface area contributed by atoms with E-state index in [0.717, 1.165) is 5.92 Å². The van der Waals surface area contributed by atoms with Gasteiger partial charge >= 0.3 is 12.1 Å². The fourth-order valence-corrected chi connectivity index (χ4v) is 0.291. The highest BCUT2D eigenvalue weighted by Gasteiger charge is 2.22. The first kappa shape index (κ1) is 10.8. The molecule has 12 heavy (non-hydrogen) atoms. The number of esters is 1. The van der Waals surface area contributed by atoms with Crippen LogP contribution in [0.4, 0.5) is 17.6 Å². The van der Waals surface area contributed by atoms with Gasteiger partial charge in [-0.05, 0) is 0 Å². The van der Waals surface area contributed by atoms with Crippen LogP contribution in [0, 0.1) is 11.8 Å². The fraction of sp³-hybridized carbons (Fsp3) is 0.500. The number of carbonyl (C=O) groups excluding carboxylic acids is 1. The number of halogens is 4. The van der Waals surface area contributed by atoms with Crippen LogP contribution in [0.3, 0.4) is 0 Å². The second kappa shape index (κ2) is 4.59. The summed E-state index contributed by atoms with van der Waals surface area (Å²) in [7, 11) is 0. The molecule has 0 saturated heterocycles. The molecule has 0 amide bonds. The number of carbonyl (C=O) groups is 1. The van der Waals surface area contributed by atoms with E-state index in [0.29, 0.717) is 0 Å². The molecule has 0 saturated carbocycles. The number of ether oxygens (including phenoxy) is 1. The molecule has 68 valence electrons. The van der Waals surface area contributed by atoms with Crippen molar-refractivity contribution in [3.05, 3.63) is 0 Å². The molecule has 0 unspecified atom stereocenters. The molecule has 0 aromatic heterocycles. The SMILES string of the molecule is O=C(CF)OCC#CC(F)(F)F. The van der Waals surface area contributed by atoms with Crippen LogP contribution in [-0.2, 0) is 9.53 Å². The highest BCUT2D eigenvalue weighted by molar-refractivity contribution is 5.70. The van der Waals surface area contributed by atoms with E-state index in [4.69, 9.17) is 0 Å². The average Bonchev–Trinajstić information content (AvgIpc) is 1.96. The zero-order valence-electron chi connectivity index (χ0n) is 5.74. The molecule has 0 aliphatic heterocycles. The van der Waals surface area contributed by atoms with Crippen LogP contribution in [0.1, 0.15) is 0 Å². The maximum Gasteiger partial charge on any atom is 0.457 e. The summed E-state index contributed by atoms with van der Waals surface area (Å²) in [4.78, 5) is 9.99. The van der Waals surface area contributed by atoms with Gasteiger partial charge in [-0.1, -0.05) is 5.92 Å². The van der Waals surface area contributed by atoms with Crippen molar-refractivity contribution in [1.29, 1.82) is 0 Å². The third-order valence-corrected chi connectivity index (χ3v) is 0.645. The Hall–Kier alpha value is -1.25. The minimum absolute atomic E-state index is 0.748.